The molecule has 0 aliphatic carbocycles. The van der Waals surface area contributed by atoms with Crippen molar-refractivity contribution in [2.75, 3.05) is 26.9 Å². The highest BCUT2D eigenvalue weighted by Gasteiger charge is 2.18. The molecule has 4 heteroatoms. The van der Waals surface area contributed by atoms with E-state index in [1.807, 2.05) is 32.0 Å². The average molecular weight is 281 g/mol. The van der Waals surface area contributed by atoms with Crippen molar-refractivity contribution < 1.29 is 14.6 Å². The molecule has 0 saturated carbocycles. The number of hydrogen-bond donors (Lipinski definition) is 2. The van der Waals surface area contributed by atoms with Gasteiger partial charge in [0.05, 0.1) is 6.61 Å². The third-order valence-corrected chi connectivity index (χ3v) is 3.07. The molecule has 0 saturated heterocycles. The summed E-state index contributed by atoms with van der Waals surface area (Å²) in [5.41, 5.74) is 1.08. The zero-order chi connectivity index (χ0) is 15.0. The fourth-order valence-corrected chi connectivity index (χ4v) is 1.91. The zero-order valence-corrected chi connectivity index (χ0v) is 13.0. The van der Waals surface area contributed by atoms with E-state index in [0.717, 1.165) is 12.2 Å². The topological polar surface area (TPSA) is 50.7 Å². The number of methoxy groups -OCH3 is 1. The first-order chi connectivity index (χ1) is 9.46. The van der Waals surface area contributed by atoms with Gasteiger partial charge in [0.15, 0.2) is 0 Å². The van der Waals surface area contributed by atoms with E-state index in [1.54, 1.807) is 7.11 Å². The number of aryl methyl sites for hydroxylation is 1. The fourth-order valence-electron chi connectivity index (χ4n) is 1.91. The lowest BCUT2D eigenvalue weighted by Gasteiger charge is -2.26. The van der Waals surface area contributed by atoms with Crippen molar-refractivity contribution in [3.63, 3.8) is 0 Å². The molecule has 0 fully saturated rings. The van der Waals surface area contributed by atoms with Gasteiger partial charge in [0.25, 0.3) is 0 Å². The van der Waals surface area contributed by atoms with Crippen LogP contribution in [-0.4, -0.2) is 43.6 Å². The monoisotopic (exact) mass is 281 g/mol. The molecule has 1 rings (SSSR count). The third kappa shape index (κ3) is 6.37. The van der Waals surface area contributed by atoms with E-state index in [1.165, 1.54) is 5.56 Å². The van der Waals surface area contributed by atoms with Gasteiger partial charge in [-0.05, 0) is 38.0 Å². The van der Waals surface area contributed by atoms with Crippen LogP contribution < -0.4 is 10.1 Å². The van der Waals surface area contributed by atoms with E-state index in [2.05, 4.69) is 18.3 Å². The smallest absolute Gasteiger partial charge is 0.119 e. The number of benzene rings is 1. The van der Waals surface area contributed by atoms with Crippen LogP contribution in [0.5, 0.6) is 5.75 Å². The van der Waals surface area contributed by atoms with Gasteiger partial charge in [-0.1, -0.05) is 19.1 Å². The summed E-state index contributed by atoms with van der Waals surface area (Å²) in [6, 6.07) is 7.96. The lowest BCUT2D eigenvalue weighted by molar-refractivity contribution is 0.0813. The fraction of sp³-hybridized carbons (Fsp3) is 0.625. The van der Waals surface area contributed by atoms with Crippen LogP contribution in [0.2, 0.25) is 0 Å². The molecule has 0 aromatic heterocycles. The highest BCUT2D eigenvalue weighted by molar-refractivity contribution is 5.28. The standard InChI is InChI=1S/C16H27NO3/c1-5-13-7-6-8-15(9-13)20-11-14(18)10-17-16(2,3)12-19-4/h6-9,14,17-18H,5,10-12H2,1-4H3. The first-order valence-corrected chi connectivity index (χ1v) is 7.10. The summed E-state index contributed by atoms with van der Waals surface area (Å²) < 4.78 is 10.7. The van der Waals surface area contributed by atoms with Crippen molar-refractivity contribution in [3.05, 3.63) is 29.8 Å². The predicted octanol–water partition coefficient (Wildman–Crippen LogP) is 2.00. The minimum atomic E-state index is -0.545. The molecule has 1 atom stereocenters. The number of aliphatic hydroxyl groups is 1. The first-order valence-electron chi connectivity index (χ1n) is 7.10. The second kappa shape index (κ2) is 8.25. The maximum atomic E-state index is 9.94. The number of β-amino-alcohol motifs (C(OH)–C–C–N with tert-alkyl or cyclic N) is 1. The van der Waals surface area contributed by atoms with Crippen molar-refractivity contribution >= 4 is 0 Å². The van der Waals surface area contributed by atoms with Crippen LogP contribution in [0.1, 0.15) is 26.3 Å². The van der Waals surface area contributed by atoms with Crippen molar-refractivity contribution in [2.24, 2.45) is 0 Å². The van der Waals surface area contributed by atoms with E-state index >= 15 is 0 Å². The number of aliphatic hydroxyl groups excluding tert-OH is 1. The van der Waals surface area contributed by atoms with Gasteiger partial charge in [-0.15, -0.1) is 0 Å². The summed E-state index contributed by atoms with van der Waals surface area (Å²) in [5, 5.41) is 13.2. The summed E-state index contributed by atoms with van der Waals surface area (Å²) in [7, 11) is 1.67. The number of nitrogens with one attached hydrogen (secondary N) is 1. The highest BCUT2D eigenvalue weighted by atomic mass is 16.5. The van der Waals surface area contributed by atoms with Gasteiger partial charge < -0.3 is 19.9 Å². The molecule has 1 aromatic rings. The molecular formula is C16H27NO3. The van der Waals surface area contributed by atoms with Crippen LogP contribution in [0, 0.1) is 0 Å². The third-order valence-electron chi connectivity index (χ3n) is 3.07. The van der Waals surface area contributed by atoms with Crippen LogP contribution in [0.15, 0.2) is 24.3 Å². The van der Waals surface area contributed by atoms with Crippen LogP contribution >= 0.6 is 0 Å². The molecule has 0 bridgehead atoms. The van der Waals surface area contributed by atoms with Gasteiger partial charge in [-0.2, -0.15) is 0 Å². The lowest BCUT2D eigenvalue weighted by atomic mass is 10.1. The largest absolute Gasteiger partial charge is 0.491 e. The van der Waals surface area contributed by atoms with Gasteiger partial charge in [-0.3, -0.25) is 0 Å². The Hall–Kier alpha value is -1.10. The van der Waals surface area contributed by atoms with Gasteiger partial charge in [0.1, 0.15) is 18.5 Å². The van der Waals surface area contributed by atoms with E-state index in [9.17, 15) is 5.11 Å². The van der Waals surface area contributed by atoms with Crippen LogP contribution in [0.4, 0.5) is 0 Å². The molecule has 0 spiro atoms. The highest BCUT2D eigenvalue weighted by Crippen LogP contribution is 2.14. The summed E-state index contributed by atoms with van der Waals surface area (Å²) >= 11 is 0. The number of ether oxygens (including phenoxy) is 2. The molecule has 4 nitrogen and oxygen atoms in total. The Bertz CT molecular complexity index is 393. The number of rotatable bonds is 9. The Kier molecular flexibility index (Phi) is 6.99. The number of hydrogen-bond acceptors (Lipinski definition) is 4. The summed E-state index contributed by atoms with van der Waals surface area (Å²) in [4.78, 5) is 0. The van der Waals surface area contributed by atoms with E-state index < -0.39 is 6.10 Å². The van der Waals surface area contributed by atoms with Gasteiger partial charge in [0.2, 0.25) is 0 Å². The minimum absolute atomic E-state index is 0.155. The SMILES string of the molecule is CCc1cccc(OCC(O)CNC(C)(C)COC)c1. The predicted molar refractivity (Wildman–Crippen MR) is 81.3 cm³/mol. The molecule has 20 heavy (non-hydrogen) atoms. The molecule has 114 valence electrons. The van der Waals surface area contributed by atoms with Crippen molar-refractivity contribution in [2.45, 2.75) is 38.8 Å². The summed E-state index contributed by atoms with van der Waals surface area (Å²) in [6.07, 6.45) is 0.434. The Labute approximate surface area is 122 Å². The Balaban J connectivity index is 2.34. The van der Waals surface area contributed by atoms with E-state index in [-0.39, 0.29) is 12.1 Å². The Morgan fingerprint density at radius 2 is 2.10 bits per heavy atom. The average Bonchev–Trinajstić information content (AvgIpc) is 2.43. The van der Waals surface area contributed by atoms with Crippen molar-refractivity contribution in [1.82, 2.24) is 5.32 Å². The van der Waals surface area contributed by atoms with Gasteiger partial charge >= 0.3 is 0 Å². The Morgan fingerprint density at radius 3 is 2.75 bits per heavy atom. The molecule has 0 radical (unpaired) electrons. The van der Waals surface area contributed by atoms with Gasteiger partial charge in [0, 0.05) is 19.2 Å². The van der Waals surface area contributed by atoms with Crippen LogP contribution in [0.3, 0.4) is 0 Å². The van der Waals surface area contributed by atoms with Crippen LogP contribution in [-0.2, 0) is 11.2 Å². The quantitative estimate of drug-likeness (QED) is 0.727. The van der Waals surface area contributed by atoms with Crippen molar-refractivity contribution in [3.8, 4) is 5.75 Å². The van der Waals surface area contributed by atoms with E-state index in [4.69, 9.17) is 9.47 Å². The summed E-state index contributed by atoms with van der Waals surface area (Å²) in [6.45, 7) is 7.53. The molecule has 0 heterocycles. The molecule has 0 aliphatic heterocycles. The van der Waals surface area contributed by atoms with E-state index in [0.29, 0.717) is 13.2 Å². The summed E-state index contributed by atoms with van der Waals surface area (Å²) in [5.74, 6) is 0.805. The molecule has 1 aromatic carbocycles. The Morgan fingerprint density at radius 1 is 1.35 bits per heavy atom. The lowest BCUT2D eigenvalue weighted by Crippen LogP contribution is -2.47. The van der Waals surface area contributed by atoms with Crippen molar-refractivity contribution in [1.29, 1.82) is 0 Å². The minimum Gasteiger partial charge on any atom is -0.491 e. The maximum absolute atomic E-state index is 9.94. The first kappa shape index (κ1) is 17.0. The molecular weight excluding hydrogens is 254 g/mol. The second-order valence-corrected chi connectivity index (χ2v) is 5.66. The maximum Gasteiger partial charge on any atom is 0.119 e. The molecule has 0 amide bonds. The zero-order valence-electron chi connectivity index (χ0n) is 13.0. The van der Waals surface area contributed by atoms with Gasteiger partial charge in [-0.25, -0.2) is 0 Å². The van der Waals surface area contributed by atoms with Crippen LogP contribution in [0.25, 0.3) is 0 Å². The normalized spacial score (nSPS) is 13.2. The molecule has 1 unspecified atom stereocenters. The second-order valence-electron chi connectivity index (χ2n) is 5.66. The molecule has 0 aliphatic rings. The molecule has 2 N–H and O–H groups in total.